The lowest BCUT2D eigenvalue weighted by atomic mass is 10.1. The minimum atomic E-state index is -0.635. The summed E-state index contributed by atoms with van der Waals surface area (Å²) in [6.45, 7) is -0.335. The zero-order chi connectivity index (χ0) is 11.1. The van der Waals surface area contributed by atoms with Crippen molar-refractivity contribution in [3.8, 4) is 6.07 Å². The van der Waals surface area contributed by atoms with E-state index in [0.717, 1.165) is 0 Å². The van der Waals surface area contributed by atoms with E-state index in [2.05, 4.69) is 9.99 Å². The number of primary amides is 1. The first-order chi connectivity index (χ1) is 7.24. The number of nitriles is 1. The molecule has 0 saturated heterocycles. The Morgan fingerprint density at radius 2 is 2.13 bits per heavy atom. The lowest BCUT2D eigenvalue weighted by Crippen LogP contribution is -2.17. The Bertz CT molecular complexity index is 406. The van der Waals surface area contributed by atoms with E-state index in [0.29, 0.717) is 5.56 Å². The summed E-state index contributed by atoms with van der Waals surface area (Å²) in [5, 5.41) is 12.3. The molecule has 0 saturated carbocycles. The van der Waals surface area contributed by atoms with Gasteiger partial charge in [0.05, 0.1) is 0 Å². The number of carbonyl (C=O) groups excluding carboxylic acids is 1. The van der Waals surface area contributed by atoms with Crippen molar-refractivity contribution < 1.29 is 9.63 Å². The first-order valence-electron chi connectivity index (χ1n) is 4.18. The maximum Gasteiger partial charge on any atom is 0.258 e. The minimum Gasteiger partial charge on any atom is -0.385 e. The van der Waals surface area contributed by atoms with Gasteiger partial charge in [0.15, 0.2) is 12.3 Å². The van der Waals surface area contributed by atoms with E-state index in [9.17, 15) is 4.79 Å². The molecule has 0 aliphatic rings. The maximum absolute atomic E-state index is 10.4. The number of benzene rings is 1. The summed E-state index contributed by atoms with van der Waals surface area (Å²) in [5.74, 6) is -0.635. The second-order valence-corrected chi connectivity index (χ2v) is 2.66. The van der Waals surface area contributed by atoms with Crippen LogP contribution in [0.15, 0.2) is 35.5 Å². The van der Waals surface area contributed by atoms with Crippen molar-refractivity contribution in [2.75, 3.05) is 6.61 Å². The fraction of sp³-hybridized carbons (Fsp3) is 0.100. The van der Waals surface area contributed by atoms with E-state index in [1.165, 1.54) is 0 Å². The van der Waals surface area contributed by atoms with Crippen LogP contribution in [0, 0.1) is 11.3 Å². The van der Waals surface area contributed by atoms with Crippen LogP contribution in [0.25, 0.3) is 0 Å². The Labute approximate surface area is 86.7 Å². The summed E-state index contributed by atoms with van der Waals surface area (Å²) in [4.78, 5) is 14.9. The van der Waals surface area contributed by atoms with E-state index in [-0.39, 0.29) is 12.3 Å². The highest BCUT2D eigenvalue weighted by molar-refractivity contribution is 6.11. The number of nitrogens with zero attached hydrogens (tertiary/aromatic N) is 2. The molecule has 0 radical (unpaired) electrons. The van der Waals surface area contributed by atoms with Crippen LogP contribution in [0.3, 0.4) is 0 Å². The molecular weight excluding hydrogens is 194 g/mol. The van der Waals surface area contributed by atoms with E-state index in [4.69, 9.17) is 11.0 Å². The monoisotopic (exact) mass is 203 g/mol. The number of oxime groups is 1. The quantitative estimate of drug-likeness (QED) is 0.568. The van der Waals surface area contributed by atoms with Crippen molar-refractivity contribution >= 4 is 11.6 Å². The molecule has 0 aliphatic heterocycles. The molecule has 0 fully saturated rings. The van der Waals surface area contributed by atoms with Crippen molar-refractivity contribution in [3.63, 3.8) is 0 Å². The van der Waals surface area contributed by atoms with Crippen LogP contribution >= 0.6 is 0 Å². The number of hydrogen-bond acceptors (Lipinski definition) is 4. The van der Waals surface area contributed by atoms with Gasteiger partial charge < -0.3 is 10.6 Å². The Balaban J connectivity index is 2.73. The molecule has 0 bridgehead atoms. The molecule has 1 amide bonds. The normalized spacial score (nSPS) is 10.5. The largest absolute Gasteiger partial charge is 0.385 e. The highest BCUT2D eigenvalue weighted by Gasteiger charge is 2.02. The van der Waals surface area contributed by atoms with Crippen LogP contribution in [-0.4, -0.2) is 18.2 Å². The van der Waals surface area contributed by atoms with Crippen LogP contribution < -0.4 is 5.73 Å². The average molecular weight is 203 g/mol. The highest BCUT2D eigenvalue weighted by atomic mass is 16.6. The third-order valence-corrected chi connectivity index (χ3v) is 1.52. The van der Waals surface area contributed by atoms with Crippen LogP contribution in [0.5, 0.6) is 0 Å². The van der Waals surface area contributed by atoms with Gasteiger partial charge in [-0.05, 0) is 0 Å². The molecule has 0 aromatic heterocycles. The molecule has 0 atom stereocenters. The van der Waals surface area contributed by atoms with E-state index in [1.54, 1.807) is 24.3 Å². The summed E-state index contributed by atoms with van der Waals surface area (Å²) in [7, 11) is 0. The third kappa shape index (κ3) is 3.48. The van der Waals surface area contributed by atoms with Crippen LogP contribution in [0.2, 0.25) is 0 Å². The van der Waals surface area contributed by atoms with Crippen LogP contribution in [-0.2, 0) is 9.63 Å². The van der Waals surface area contributed by atoms with Gasteiger partial charge in [-0.3, -0.25) is 4.79 Å². The Kier molecular flexibility index (Phi) is 3.86. The summed E-state index contributed by atoms with van der Waals surface area (Å²) in [6, 6.07) is 10.7. The predicted molar refractivity (Wildman–Crippen MR) is 53.7 cm³/mol. The highest BCUT2D eigenvalue weighted by Crippen LogP contribution is 2.00. The average Bonchev–Trinajstić information content (AvgIpc) is 2.25. The summed E-state index contributed by atoms with van der Waals surface area (Å²) >= 11 is 0. The van der Waals surface area contributed by atoms with Gasteiger partial charge in [0, 0.05) is 5.56 Å². The van der Waals surface area contributed by atoms with E-state index >= 15 is 0 Å². The van der Waals surface area contributed by atoms with Gasteiger partial charge in [-0.15, -0.1) is 0 Å². The Morgan fingerprint density at radius 3 is 2.67 bits per heavy atom. The second-order valence-electron chi connectivity index (χ2n) is 2.66. The van der Waals surface area contributed by atoms with E-state index < -0.39 is 5.91 Å². The predicted octanol–water partition coefficient (Wildman–Crippen LogP) is 0.416. The topological polar surface area (TPSA) is 88.5 Å². The van der Waals surface area contributed by atoms with Gasteiger partial charge in [0.25, 0.3) is 5.91 Å². The second kappa shape index (κ2) is 5.40. The zero-order valence-electron chi connectivity index (χ0n) is 7.88. The molecule has 0 unspecified atom stereocenters. The summed E-state index contributed by atoms with van der Waals surface area (Å²) in [5.41, 5.74) is 5.58. The van der Waals surface area contributed by atoms with E-state index in [1.807, 2.05) is 12.1 Å². The summed E-state index contributed by atoms with van der Waals surface area (Å²) in [6.07, 6.45) is 0. The van der Waals surface area contributed by atoms with Crippen molar-refractivity contribution in [2.24, 2.45) is 10.9 Å². The van der Waals surface area contributed by atoms with Crippen LogP contribution in [0.4, 0.5) is 0 Å². The Morgan fingerprint density at radius 1 is 1.47 bits per heavy atom. The fourth-order valence-corrected chi connectivity index (χ4v) is 0.894. The smallest absolute Gasteiger partial charge is 0.258 e. The number of carbonyl (C=O) groups is 1. The van der Waals surface area contributed by atoms with Crippen molar-refractivity contribution in [3.05, 3.63) is 35.9 Å². The standard InChI is InChI=1S/C10H9N3O2/c11-6-9(13-15-7-10(12)14)8-4-2-1-3-5-8/h1-5H,7H2,(H2,12,14). The number of hydrogen-bond donors (Lipinski definition) is 1. The van der Waals surface area contributed by atoms with Crippen molar-refractivity contribution in [1.29, 1.82) is 5.26 Å². The first kappa shape index (κ1) is 10.7. The van der Waals surface area contributed by atoms with Gasteiger partial charge in [-0.25, -0.2) is 0 Å². The molecular formula is C10H9N3O2. The molecule has 2 N–H and O–H groups in total. The van der Waals surface area contributed by atoms with Gasteiger partial charge in [-0.1, -0.05) is 35.5 Å². The zero-order valence-corrected chi connectivity index (χ0v) is 7.88. The molecule has 15 heavy (non-hydrogen) atoms. The lowest BCUT2D eigenvalue weighted by molar-refractivity contribution is -0.122. The molecule has 0 heterocycles. The lowest BCUT2D eigenvalue weighted by Gasteiger charge is -1.97. The Hall–Kier alpha value is -2.35. The molecule has 0 aliphatic carbocycles. The van der Waals surface area contributed by atoms with Crippen molar-refractivity contribution in [2.45, 2.75) is 0 Å². The molecule has 5 nitrogen and oxygen atoms in total. The first-order valence-corrected chi connectivity index (χ1v) is 4.18. The molecule has 5 heteroatoms. The maximum atomic E-state index is 10.4. The number of nitrogens with two attached hydrogens (primary N) is 1. The molecule has 1 aromatic rings. The van der Waals surface area contributed by atoms with Gasteiger partial charge >= 0.3 is 0 Å². The fourth-order valence-electron chi connectivity index (χ4n) is 0.894. The summed E-state index contributed by atoms with van der Waals surface area (Å²) < 4.78 is 0. The molecule has 76 valence electrons. The molecule has 0 spiro atoms. The van der Waals surface area contributed by atoms with Gasteiger partial charge in [-0.2, -0.15) is 5.26 Å². The molecule has 1 rings (SSSR count). The SMILES string of the molecule is N#CC(=NOCC(N)=O)c1ccccc1. The molecule has 1 aromatic carbocycles. The number of rotatable bonds is 4. The van der Waals surface area contributed by atoms with Gasteiger partial charge in [0.2, 0.25) is 0 Å². The van der Waals surface area contributed by atoms with Gasteiger partial charge in [0.1, 0.15) is 6.07 Å². The third-order valence-electron chi connectivity index (χ3n) is 1.52. The van der Waals surface area contributed by atoms with Crippen molar-refractivity contribution in [1.82, 2.24) is 0 Å². The minimum absolute atomic E-state index is 0.108. The van der Waals surface area contributed by atoms with Crippen LogP contribution in [0.1, 0.15) is 5.56 Å². The number of amides is 1.